The van der Waals surface area contributed by atoms with Crippen LogP contribution in [-0.2, 0) is 0 Å². The maximum absolute atomic E-state index is 14.8. The van der Waals surface area contributed by atoms with Crippen LogP contribution in [0.1, 0.15) is 18.4 Å². The van der Waals surface area contributed by atoms with Crippen LogP contribution in [0.15, 0.2) is 66.9 Å². The van der Waals surface area contributed by atoms with Gasteiger partial charge in [-0.15, -0.1) is 0 Å². The van der Waals surface area contributed by atoms with Crippen LogP contribution in [0.2, 0.25) is 0 Å². The van der Waals surface area contributed by atoms with Gasteiger partial charge in [0, 0.05) is 42.5 Å². The third-order valence-corrected chi connectivity index (χ3v) is 6.80. The second-order valence-electron chi connectivity index (χ2n) is 9.64. The molecule has 3 N–H and O–H groups in total. The van der Waals surface area contributed by atoms with Gasteiger partial charge >= 0.3 is 12.1 Å². The Labute approximate surface area is 239 Å². The largest absolute Gasteiger partial charge is 0.492 e. The number of hydrogen-bond donors (Lipinski definition) is 3. The number of carbonyl (C=O) groups is 2. The zero-order chi connectivity index (χ0) is 29.6. The van der Waals surface area contributed by atoms with Gasteiger partial charge < -0.3 is 30.1 Å². The number of hydrogen-bond acceptors (Lipinski definition) is 6. The summed E-state index contributed by atoms with van der Waals surface area (Å²) >= 11 is 0. The second-order valence-corrected chi connectivity index (χ2v) is 9.64. The highest BCUT2D eigenvalue weighted by Gasteiger charge is 2.23. The summed E-state index contributed by atoms with van der Waals surface area (Å²) in [5.41, 5.74) is 1.01. The summed E-state index contributed by atoms with van der Waals surface area (Å²) in [6, 6.07) is 15.3. The maximum atomic E-state index is 14.8. The predicted molar refractivity (Wildman–Crippen MR) is 150 cm³/mol. The number of nitrogens with zero attached hydrogens (tertiary/aromatic N) is 3. The molecule has 0 bridgehead atoms. The molecule has 4 aromatic rings. The highest BCUT2D eigenvalue weighted by molar-refractivity contribution is 5.99. The van der Waals surface area contributed by atoms with Gasteiger partial charge in [-0.3, -0.25) is 4.98 Å². The molecule has 0 spiro atoms. The lowest BCUT2D eigenvalue weighted by Gasteiger charge is -2.29. The van der Waals surface area contributed by atoms with Gasteiger partial charge in [0.15, 0.2) is 0 Å². The topological polar surface area (TPSA) is 137 Å². The highest BCUT2D eigenvalue weighted by Crippen LogP contribution is 2.34. The van der Waals surface area contributed by atoms with E-state index in [-0.39, 0.29) is 22.9 Å². The van der Waals surface area contributed by atoms with E-state index >= 15 is 0 Å². The van der Waals surface area contributed by atoms with Crippen LogP contribution in [0.4, 0.5) is 29.7 Å². The minimum atomic E-state index is -0.930. The smallest absolute Gasteiger partial charge is 0.407 e. The monoisotopic (exact) mass is 573 g/mol. The Balaban J connectivity index is 1.26. The van der Waals surface area contributed by atoms with Crippen molar-refractivity contribution in [3.05, 3.63) is 84.1 Å². The van der Waals surface area contributed by atoms with Gasteiger partial charge in [0.05, 0.1) is 23.4 Å². The number of aromatic nitrogens is 1. The van der Waals surface area contributed by atoms with Crippen LogP contribution >= 0.6 is 0 Å². The predicted octanol–water partition coefficient (Wildman–Crippen LogP) is 6.59. The van der Waals surface area contributed by atoms with Gasteiger partial charge in [-0.05, 0) is 67.3 Å². The van der Waals surface area contributed by atoms with Crippen LogP contribution < -0.4 is 20.1 Å². The molecule has 5 rings (SSSR count). The van der Waals surface area contributed by atoms with Crippen LogP contribution in [0.25, 0.3) is 10.9 Å². The number of pyridine rings is 1. The number of fused-ring (bicyclic) bond motifs is 1. The zero-order valence-corrected chi connectivity index (χ0v) is 22.1. The van der Waals surface area contributed by atoms with Gasteiger partial charge in [0.25, 0.3) is 0 Å². The van der Waals surface area contributed by atoms with Crippen LogP contribution in [0.5, 0.6) is 17.2 Å². The molecular weight excluding hydrogens is 548 g/mol. The average Bonchev–Trinajstić information content (AvgIpc) is 2.98. The molecule has 2 heterocycles. The SMILES string of the molecule is N#Cc1cc2c(Oc3ccc(NC(=O)Nc4ccc(F)cc4)c(F)c3)ccnc2cc1OCC1CCN(C(=O)O)CC1. The van der Waals surface area contributed by atoms with E-state index in [4.69, 9.17) is 14.6 Å². The Kier molecular flexibility index (Phi) is 8.29. The average molecular weight is 574 g/mol. The lowest BCUT2D eigenvalue weighted by atomic mass is 9.98. The van der Waals surface area contributed by atoms with Crippen molar-refractivity contribution >= 4 is 34.4 Å². The first-order chi connectivity index (χ1) is 20.3. The number of nitriles is 1. The molecule has 1 aliphatic rings. The van der Waals surface area contributed by atoms with E-state index in [1.54, 1.807) is 18.2 Å². The van der Waals surface area contributed by atoms with Crippen molar-refractivity contribution in [2.45, 2.75) is 12.8 Å². The minimum absolute atomic E-state index is 0.0938. The summed E-state index contributed by atoms with van der Waals surface area (Å²) in [7, 11) is 0. The van der Waals surface area contributed by atoms with E-state index in [2.05, 4.69) is 21.7 Å². The van der Waals surface area contributed by atoms with Crippen molar-refractivity contribution in [1.82, 2.24) is 9.88 Å². The molecule has 0 saturated carbocycles. The fraction of sp³-hybridized carbons (Fsp3) is 0.200. The molecule has 0 unspecified atom stereocenters. The number of halogens is 2. The number of urea groups is 1. The van der Waals surface area contributed by atoms with Gasteiger partial charge in [-0.25, -0.2) is 18.4 Å². The number of likely N-dealkylation sites (tertiary alicyclic amines) is 1. The number of carbonyl (C=O) groups excluding carboxylic acids is 1. The summed E-state index contributed by atoms with van der Waals surface area (Å²) in [6.07, 6.45) is 1.92. The molecule has 1 saturated heterocycles. The van der Waals surface area contributed by atoms with Crippen LogP contribution in [-0.4, -0.2) is 46.8 Å². The fourth-order valence-corrected chi connectivity index (χ4v) is 4.55. The van der Waals surface area contributed by atoms with E-state index in [0.29, 0.717) is 60.6 Å². The van der Waals surface area contributed by atoms with E-state index in [9.17, 15) is 23.6 Å². The number of rotatable bonds is 7. The Morgan fingerprint density at radius 3 is 2.48 bits per heavy atom. The maximum Gasteiger partial charge on any atom is 0.407 e. The number of piperidine rings is 1. The number of carboxylic acid groups (broad SMARTS) is 1. The number of ether oxygens (including phenoxy) is 2. The van der Waals surface area contributed by atoms with Gasteiger partial charge in [0.1, 0.15) is 35.0 Å². The Morgan fingerprint density at radius 1 is 1.02 bits per heavy atom. The lowest BCUT2D eigenvalue weighted by Crippen LogP contribution is -2.38. The number of anilines is 2. The molecule has 0 aliphatic carbocycles. The fourth-order valence-electron chi connectivity index (χ4n) is 4.55. The van der Waals surface area contributed by atoms with Crippen molar-refractivity contribution in [2.75, 3.05) is 30.3 Å². The van der Waals surface area contributed by atoms with E-state index in [0.717, 1.165) is 6.07 Å². The summed E-state index contributed by atoms with van der Waals surface area (Å²) in [5.74, 6) is -0.200. The molecule has 1 aromatic heterocycles. The van der Waals surface area contributed by atoms with E-state index in [1.807, 2.05) is 0 Å². The molecule has 1 aliphatic heterocycles. The Hall–Kier alpha value is -5.44. The molecule has 0 atom stereocenters. The Bertz CT molecular complexity index is 1670. The van der Waals surface area contributed by atoms with Crippen LogP contribution in [0.3, 0.4) is 0 Å². The number of amides is 3. The molecular formula is C30H25F2N5O5. The van der Waals surface area contributed by atoms with Crippen molar-refractivity contribution in [2.24, 2.45) is 5.92 Å². The molecule has 214 valence electrons. The Morgan fingerprint density at radius 2 is 1.79 bits per heavy atom. The van der Waals surface area contributed by atoms with E-state index in [1.165, 1.54) is 47.5 Å². The zero-order valence-electron chi connectivity index (χ0n) is 22.1. The summed E-state index contributed by atoms with van der Waals surface area (Å²) in [6.45, 7) is 1.22. The molecule has 0 radical (unpaired) electrons. The standard InChI is InChI=1S/C30H25F2N5O5/c31-20-1-3-21(4-2-20)35-29(38)36-25-6-5-22(14-24(25)32)42-27-7-10-34-26-15-28(19(16-33)13-23(26)27)41-17-18-8-11-37(12-9-18)30(39)40/h1-7,10,13-15,18H,8-9,11-12,17H2,(H,39,40)(H2,35,36,38). The van der Waals surface area contributed by atoms with Crippen LogP contribution in [0, 0.1) is 28.9 Å². The molecule has 1 fully saturated rings. The first-order valence-electron chi connectivity index (χ1n) is 13.0. The van der Waals surface area contributed by atoms with Gasteiger partial charge in [-0.2, -0.15) is 5.26 Å². The summed E-state index contributed by atoms with van der Waals surface area (Å²) < 4.78 is 39.7. The van der Waals surface area contributed by atoms with Gasteiger partial charge in [0.2, 0.25) is 0 Å². The first kappa shape index (κ1) is 28.1. The van der Waals surface area contributed by atoms with E-state index < -0.39 is 23.8 Å². The lowest BCUT2D eigenvalue weighted by molar-refractivity contribution is 0.111. The normalized spacial score (nSPS) is 13.3. The molecule has 3 aromatic carbocycles. The quantitative estimate of drug-likeness (QED) is 0.227. The third-order valence-electron chi connectivity index (χ3n) is 6.80. The first-order valence-corrected chi connectivity index (χ1v) is 13.0. The van der Waals surface area contributed by atoms with Crippen molar-refractivity contribution in [3.63, 3.8) is 0 Å². The van der Waals surface area contributed by atoms with Crippen molar-refractivity contribution in [3.8, 4) is 23.3 Å². The minimum Gasteiger partial charge on any atom is -0.492 e. The molecule has 3 amide bonds. The van der Waals surface area contributed by atoms with Gasteiger partial charge in [-0.1, -0.05) is 0 Å². The molecule has 12 heteroatoms. The molecule has 10 nitrogen and oxygen atoms in total. The highest BCUT2D eigenvalue weighted by atomic mass is 19.1. The summed E-state index contributed by atoms with van der Waals surface area (Å²) in [5, 5.41) is 24.3. The number of benzene rings is 3. The van der Waals surface area contributed by atoms with Crippen molar-refractivity contribution in [1.29, 1.82) is 5.26 Å². The summed E-state index contributed by atoms with van der Waals surface area (Å²) in [4.78, 5) is 29.1. The van der Waals surface area contributed by atoms with Crippen molar-refractivity contribution < 1.29 is 33.0 Å². The number of nitrogens with one attached hydrogen (secondary N) is 2. The molecule has 42 heavy (non-hydrogen) atoms. The second kappa shape index (κ2) is 12.4. The third kappa shape index (κ3) is 6.64.